The zero-order chi connectivity index (χ0) is 30.0. The summed E-state index contributed by atoms with van der Waals surface area (Å²) in [6.07, 6.45) is 1.44. The van der Waals surface area contributed by atoms with Crippen LogP contribution in [0.1, 0.15) is 41.8 Å². The van der Waals surface area contributed by atoms with Gasteiger partial charge in [-0.2, -0.15) is 0 Å². The molecule has 2 N–H and O–H groups in total. The molecule has 0 unspecified atom stereocenters. The van der Waals surface area contributed by atoms with Crippen LogP contribution in [0.4, 0.5) is 0 Å². The van der Waals surface area contributed by atoms with E-state index in [1.54, 1.807) is 21.3 Å². The molecule has 0 aliphatic carbocycles. The number of amides is 2. The zero-order valence-electron chi connectivity index (χ0n) is 24.5. The van der Waals surface area contributed by atoms with Crippen molar-refractivity contribution in [2.45, 2.75) is 32.1 Å². The van der Waals surface area contributed by atoms with Crippen LogP contribution in [-0.2, 0) is 16.6 Å². The Bertz CT molecular complexity index is 1650. The van der Waals surface area contributed by atoms with E-state index in [1.807, 2.05) is 62.4 Å². The average Bonchev–Trinajstić information content (AvgIpc) is 3.45. The number of imide groups is 1. The number of carbonyl (C=O) groups is 2. The summed E-state index contributed by atoms with van der Waals surface area (Å²) in [6.45, 7) is 5.46. The van der Waals surface area contributed by atoms with Gasteiger partial charge in [-0.25, -0.2) is 4.98 Å². The molecule has 0 fully saturated rings. The van der Waals surface area contributed by atoms with Crippen LogP contribution < -0.4 is 19.5 Å². The molecule has 2 heterocycles. The summed E-state index contributed by atoms with van der Waals surface area (Å²) in [5, 5.41) is 3.42. The molecule has 0 spiro atoms. The Hall–Kier alpha value is -3.89. The first kappa shape index (κ1) is 29.6. The molecule has 0 atom stereocenters. The molecule has 42 heavy (non-hydrogen) atoms. The van der Waals surface area contributed by atoms with Gasteiger partial charge < -0.3 is 24.5 Å². The van der Waals surface area contributed by atoms with Crippen LogP contribution in [0, 0.1) is 0 Å². The summed E-state index contributed by atoms with van der Waals surface area (Å²) in [5.41, 5.74) is 3.41. The van der Waals surface area contributed by atoms with Crippen molar-refractivity contribution in [3.8, 4) is 28.6 Å². The number of halogens is 1. The van der Waals surface area contributed by atoms with E-state index in [-0.39, 0.29) is 11.8 Å². The number of rotatable bonds is 11. The van der Waals surface area contributed by atoms with Crippen molar-refractivity contribution < 1.29 is 23.8 Å². The van der Waals surface area contributed by atoms with E-state index in [4.69, 9.17) is 19.2 Å². The number of nitrogens with zero attached hydrogens (tertiary/aromatic N) is 2. The highest BCUT2D eigenvalue weighted by molar-refractivity contribution is 9.10. The van der Waals surface area contributed by atoms with Crippen LogP contribution in [0.25, 0.3) is 22.4 Å². The Balaban J connectivity index is 1.32. The highest BCUT2D eigenvalue weighted by atomic mass is 79.9. The predicted molar refractivity (Wildman–Crippen MR) is 166 cm³/mol. The number of hydrogen-bond donors (Lipinski definition) is 2. The SMILES string of the molecule is COc1ccc(CCNCCCN2C(=O)c3c(cc(Br)c4nc(-c5ccccc5OC)[nH]c34)C(C)(C)C2=O)cc1OC. The monoisotopic (exact) mass is 634 g/mol. The van der Waals surface area contributed by atoms with Gasteiger partial charge in [0.25, 0.3) is 5.91 Å². The number of nitrogens with one attached hydrogen (secondary N) is 2. The minimum atomic E-state index is -0.892. The second-order valence-electron chi connectivity index (χ2n) is 10.7. The second-order valence-corrected chi connectivity index (χ2v) is 11.6. The van der Waals surface area contributed by atoms with E-state index in [1.165, 1.54) is 4.90 Å². The fourth-order valence-electron chi connectivity index (χ4n) is 5.45. The Kier molecular flexibility index (Phi) is 8.56. The van der Waals surface area contributed by atoms with E-state index in [2.05, 4.69) is 26.2 Å². The summed E-state index contributed by atoms with van der Waals surface area (Å²) in [6, 6.07) is 15.3. The maximum absolute atomic E-state index is 13.9. The van der Waals surface area contributed by atoms with Crippen LogP contribution in [0.3, 0.4) is 0 Å². The molecule has 1 aliphatic heterocycles. The van der Waals surface area contributed by atoms with Crippen LogP contribution in [-0.4, -0.2) is 67.6 Å². The van der Waals surface area contributed by atoms with Gasteiger partial charge in [0.15, 0.2) is 11.5 Å². The van der Waals surface area contributed by atoms with Crippen molar-refractivity contribution in [2.24, 2.45) is 0 Å². The molecule has 1 aliphatic rings. The molecule has 9 nitrogen and oxygen atoms in total. The third-order valence-corrected chi connectivity index (χ3v) is 8.37. The summed E-state index contributed by atoms with van der Waals surface area (Å²) < 4.78 is 16.9. The lowest BCUT2D eigenvalue weighted by atomic mass is 9.76. The predicted octanol–water partition coefficient (Wildman–Crippen LogP) is 5.50. The first-order valence-electron chi connectivity index (χ1n) is 13.8. The van der Waals surface area contributed by atoms with Crippen molar-refractivity contribution >= 4 is 38.8 Å². The molecule has 220 valence electrons. The Morgan fingerprint density at radius 2 is 1.69 bits per heavy atom. The Morgan fingerprint density at radius 3 is 2.43 bits per heavy atom. The molecule has 3 aromatic carbocycles. The average molecular weight is 636 g/mol. The van der Waals surface area contributed by atoms with Gasteiger partial charge in [0.1, 0.15) is 17.1 Å². The largest absolute Gasteiger partial charge is 0.496 e. The minimum absolute atomic E-state index is 0.207. The van der Waals surface area contributed by atoms with Crippen LogP contribution >= 0.6 is 15.9 Å². The number of methoxy groups -OCH3 is 3. The standard InChI is InChI=1S/C32H35BrN4O5/c1-32(2)21-18-22(33)27-28(36-29(35-27)20-9-6-7-10-23(20)40-3)26(21)30(38)37(31(32)39)16-8-14-34-15-13-19-11-12-24(41-4)25(17-19)42-5/h6-7,9-12,17-18,34H,8,13-16H2,1-5H3,(H,35,36). The smallest absolute Gasteiger partial charge is 0.262 e. The molecule has 0 saturated heterocycles. The van der Waals surface area contributed by atoms with Crippen molar-refractivity contribution in [3.63, 3.8) is 0 Å². The van der Waals surface area contributed by atoms with Gasteiger partial charge in [0.05, 0.1) is 43.4 Å². The van der Waals surface area contributed by atoms with Gasteiger partial charge >= 0.3 is 0 Å². The van der Waals surface area contributed by atoms with Gasteiger partial charge in [-0.05, 0) is 97.2 Å². The first-order chi connectivity index (χ1) is 20.2. The number of imidazole rings is 1. The fourth-order valence-corrected chi connectivity index (χ4v) is 5.97. The molecule has 10 heteroatoms. The topological polar surface area (TPSA) is 106 Å². The lowest BCUT2D eigenvalue weighted by Crippen LogP contribution is -2.52. The number of aromatic nitrogens is 2. The van der Waals surface area contributed by atoms with E-state index < -0.39 is 5.41 Å². The maximum Gasteiger partial charge on any atom is 0.262 e. The zero-order valence-corrected chi connectivity index (χ0v) is 26.1. The van der Waals surface area contributed by atoms with Crippen LogP contribution in [0.5, 0.6) is 17.2 Å². The molecular formula is C32H35BrN4O5. The normalized spacial score (nSPS) is 14.3. The number of ether oxygens (including phenoxy) is 3. The fraction of sp³-hybridized carbons (Fsp3) is 0.344. The molecule has 1 aromatic heterocycles. The lowest BCUT2D eigenvalue weighted by molar-refractivity contribution is -0.134. The van der Waals surface area contributed by atoms with Crippen molar-refractivity contribution in [1.29, 1.82) is 0 Å². The molecular weight excluding hydrogens is 600 g/mol. The van der Waals surface area contributed by atoms with Gasteiger partial charge in [-0.15, -0.1) is 0 Å². The molecule has 0 bridgehead atoms. The molecule has 0 radical (unpaired) electrons. The first-order valence-corrected chi connectivity index (χ1v) is 14.6. The van der Waals surface area contributed by atoms with Gasteiger partial charge in [0, 0.05) is 11.0 Å². The minimum Gasteiger partial charge on any atom is -0.496 e. The summed E-state index contributed by atoms with van der Waals surface area (Å²) >= 11 is 3.63. The van der Waals surface area contributed by atoms with Gasteiger partial charge in [0.2, 0.25) is 5.91 Å². The van der Waals surface area contributed by atoms with E-state index in [0.29, 0.717) is 64.7 Å². The number of aromatic amines is 1. The molecule has 4 aromatic rings. The Labute approximate surface area is 253 Å². The number of H-pyrrole nitrogens is 1. The van der Waals surface area contributed by atoms with Crippen molar-refractivity contribution in [2.75, 3.05) is 41.0 Å². The quantitative estimate of drug-likeness (QED) is 0.166. The number of fused-ring (bicyclic) bond motifs is 3. The molecule has 2 amide bonds. The Morgan fingerprint density at radius 1 is 0.952 bits per heavy atom. The second kappa shape index (κ2) is 12.1. The summed E-state index contributed by atoms with van der Waals surface area (Å²) in [5.74, 6) is 2.14. The maximum atomic E-state index is 13.9. The highest BCUT2D eigenvalue weighted by Gasteiger charge is 2.45. The number of carbonyl (C=O) groups excluding carboxylic acids is 2. The van der Waals surface area contributed by atoms with Crippen LogP contribution in [0.15, 0.2) is 53.0 Å². The molecule has 0 saturated carbocycles. The summed E-state index contributed by atoms with van der Waals surface area (Å²) in [7, 11) is 4.85. The van der Waals surface area contributed by atoms with E-state index in [9.17, 15) is 9.59 Å². The number of para-hydroxylation sites is 1. The van der Waals surface area contributed by atoms with Gasteiger partial charge in [-0.1, -0.05) is 18.2 Å². The van der Waals surface area contributed by atoms with E-state index in [0.717, 1.165) is 28.6 Å². The van der Waals surface area contributed by atoms with Crippen molar-refractivity contribution in [1.82, 2.24) is 20.2 Å². The third-order valence-electron chi connectivity index (χ3n) is 7.77. The van der Waals surface area contributed by atoms with Crippen molar-refractivity contribution in [3.05, 3.63) is 69.7 Å². The van der Waals surface area contributed by atoms with Gasteiger partial charge in [-0.3, -0.25) is 14.5 Å². The highest BCUT2D eigenvalue weighted by Crippen LogP contribution is 2.42. The van der Waals surface area contributed by atoms with E-state index >= 15 is 0 Å². The third kappa shape index (κ3) is 5.36. The molecule has 5 rings (SSSR count). The van der Waals surface area contributed by atoms with Crippen LogP contribution in [0.2, 0.25) is 0 Å². The number of hydrogen-bond acceptors (Lipinski definition) is 7. The number of benzene rings is 3. The summed E-state index contributed by atoms with van der Waals surface area (Å²) in [4.78, 5) is 37.1. The lowest BCUT2D eigenvalue weighted by Gasteiger charge is -2.37.